The molecule has 0 aliphatic rings. The third-order valence-corrected chi connectivity index (χ3v) is 7.36. The monoisotopic (exact) mass is 650 g/mol. The molecule has 48 heavy (non-hydrogen) atoms. The molecule has 0 unspecified atom stereocenters. The molecule has 0 saturated heterocycles. The number of ketones is 2. The molecule has 8 heteroatoms. The Kier molecular flexibility index (Phi) is 14.9. The Bertz CT molecular complexity index is 1570. The average Bonchev–Trinajstić information content (AvgIpc) is 3.12. The zero-order valence-electron chi connectivity index (χ0n) is 27.4. The maximum Gasteiger partial charge on any atom is 0.341 e. The van der Waals surface area contributed by atoms with Crippen molar-refractivity contribution in [3.8, 4) is 0 Å². The molecule has 0 N–H and O–H groups in total. The van der Waals surface area contributed by atoms with E-state index in [1.807, 2.05) is 121 Å². The largest absolute Gasteiger partial charge is 0.462 e. The van der Waals surface area contributed by atoms with E-state index in [0.29, 0.717) is 6.61 Å². The minimum atomic E-state index is -1.29. The molecule has 0 bridgehead atoms. The van der Waals surface area contributed by atoms with Gasteiger partial charge in [-0.15, -0.1) is 0 Å². The molecule has 0 saturated carbocycles. The van der Waals surface area contributed by atoms with Crippen molar-refractivity contribution >= 4 is 17.5 Å². The average molecular weight is 651 g/mol. The fourth-order valence-corrected chi connectivity index (χ4v) is 4.88. The van der Waals surface area contributed by atoms with E-state index in [1.165, 1.54) is 6.92 Å². The lowest BCUT2D eigenvalue weighted by atomic mass is 10.00. The van der Waals surface area contributed by atoms with Crippen LogP contribution in [0.15, 0.2) is 133 Å². The van der Waals surface area contributed by atoms with Crippen LogP contribution in [-0.2, 0) is 64.5 Å². The summed E-state index contributed by atoms with van der Waals surface area (Å²) in [5, 5.41) is 0. The molecule has 4 aromatic carbocycles. The topological polar surface area (TPSA) is 97.4 Å². The van der Waals surface area contributed by atoms with Gasteiger partial charge in [-0.3, -0.25) is 9.59 Å². The van der Waals surface area contributed by atoms with Crippen molar-refractivity contribution < 1.29 is 38.1 Å². The number of ether oxygens (including phenoxy) is 5. The van der Waals surface area contributed by atoms with E-state index in [1.54, 1.807) is 6.92 Å². The molecule has 4 aromatic rings. The standard InChI is InChI=1S/C40H42O8/c1-3-45-40(43)35(30(2)41)24-36(42)38(47-27-33-20-12-6-13-21-33)39(48-28-34-22-14-7-15-23-34)37(46-26-32-18-10-5-11-19-32)29-44-25-31-16-8-4-9-17-31/h4-24,37-39H,3,25-29H2,1-2H3/b35-24+/t37-,38-,39-/m1/s1. The highest BCUT2D eigenvalue weighted by molar-refractivity contribution is 6.20. The van der Waals surface area contributed by atoms with E-state index in [9.17, 15) is 14.4 Å². The summed E-state index contributed by atoms with van der Waals surface area (Å²) in [6, 6.07) is 38.3. The van der Waals surface area contributed by atoms with Crippen LogP contribution in [0.5, 0.6) is 0 Å². The zero-order valence-corrected chi connectivity index (χ0v) is 27.4. The van der Waals surface area contributed by atoms with E-state index in [4.69, 9.17) is 23.7 Å². The maximum absolute atomic E-state index is 14.2. The molecule has 8 nitrogen and oxygen atoms in total. The first kappa shape index (κ1) is 36.1. The molecule has 0 aliphatic carbocycles. The lowest BCUT2D eigenvalue weighted by Gasteiger charge is -2.33. The van der Waals surface area contributed by atoms with Crippen LogP contribution < -0.4 is 0 Å². The van der Waals surface area contributed by atoms with Crippen molar-refractivity contribution in [3.05, 3.63) is 155 Å². The van der Waals surface area contributed by atoms with Gasteiger partial charge in [-0.2, -0.15) is 0 Å². The summed E-state index contributed by atoms with van der Waals surface area (Å²) in [6.07, 6.45) is -2.13. The summed E-state index contributed by atoms with van der Waals surface area (Å²) in [5.41, 5.74) is 3.20. The Balaban J connectivity index is 1.72. The van der Waals surface area contributed by atoms with E-state index in [-0.39, 0.29) is 38.6 Å². The first-order chi connectivity index (χ1) is 23.4. The number of hydrogen-bond acceptors (Lipinski definition) is 8. The number of benzene rings is 4. The summed E-state index contributed by atoms with van der Waals surface area (Å²) >= 11 is 0. The fraction of sp³-hybridized carbons (Fsp3) is 0.275. The van der Waals surface area contributed by atoms with Crippen molar-refractivity contribution in [2.75, 3.05) is 13.2 Å². The lowest BCUT2D eigenvalue weighted by molar-refractivity contribution is -0.174. The Morgan fingerprint density at radius 2 is 1.04 bits per heavy atom. The Morgan fingerprint density at radius 3 is 1.50 bits per heavy atom. The van der Waals surface area contributed by atoms with Crippen LogP contribution in [0.25, 0.3) is 0 Å². The SMILES string of the molecule is CCOC(=O)/C(=C/C(=O)[C@@H](OCc1ccccc1)[C@H](OCc1ccccc1)[C@@H](COCc1ccccc1)OCc1ccccc1)C(C)=O. The summed E-state index contributed by atoms with van der Waals surface area (Å²) < 4.78 is 30.6. The maximum atomic E-state index is 14.2. The smallest absolute Gasteiger partial charge is 0.341 e. The minimum Gasteiger partial charge on any atom is -0.462 e. The highest BCUT2D eigenvalue weighted by atomic mass is 16.6. The minimum absolute atomic E-state index is 0.0442. The van der Waals surface area contributed by atoms with Crippen LogP contribution in [0.3, 0.4) is 0 Å². The number of carbonyl (C=O) groups is 3. The highest BCUT2D eigenvalue weighted by Gasteiger charge is 2.37. The molecule has 0 aromatic heterocycles. The quantitative estimate of drug-likeness (QED) is 0.0457. The fourth-order valence-electron chi connectivity index (χ4n) is 4.88. The number of carbonyl (C=O) groups excluding carboxylic acids is 3. The molecule has 0 radical (unpaired) electrons. The molecule has 4 rings (SSSR count). The number of esters is 1. The van der Waals surface area contributed by atoms with Crippen LogP contribution in [-0.4, -0.2) is 49.1 Å². The predicted octanol–water partition coefficient (Wildman–Crippen LogP) is 6.61. The van der Waals surface area contributed by atoms with Gasteiger partial charge in [0.25, 0.3) is 0 Å². The Labute approximate surface area is 282 Å². The molecule has 0 aliphatic heterocycles. The van der Waals surface area contributed by atoms with Crippen molar-refractivity contribution in [3.63, 3.8) is 0 Å². The number of Topliss-reactive ketones (excluding diaryl/α,β-unsaturated/α-hetero) is 1. The van der Waals surface area contributed by atoms with Crippen LogP contribution in [0, 0.1) is 0 Å². The Morgan fingerprint density at radius 1 is 0.604 bits per heavy atom. The van der Waals surface area contributed by atoms with Gasteiger partial charge in [-0.25, -0.2) is 4.79 Å². The predicted molar refractivity (Wildman–Crippen MR) is 182 cm³/mol. The van der Waals surface area contributed by atoms with Crippen molar-refractivity contribution in [1.82, 2.24) is 0 Å². The number of rotatable bonds is 20. The summed E-state index contributed by atoms with van der Waals surface area (Å²) in [6.45, 7) is 3.64. The summed E-state index contributed by atoms with van der Waals surface area (Å²) in [4.78, 5) is 39.4. The molecule has 3 atom stereocenters. The molecular formula is C40H42O8. The normalized spacial score (nSPS) is 13.3. The van der Waals surface area contributed by atoms with E-state index < -0.39 is 35.8 Å². The third kappa shape index (κ3) is 11.8. The summed E-state index contributed by atoms with van der Waals surface area (Å²) in [5.74, 6) is -2.13. The van der Waals surface area contributed by atoms with Gasteiger partial charge in [0.1, 0.15) is 23.9 Å². The van der Waals surface area contributed by atoms with Crippen LogP contribution in [0.4, 0.5) is 0 Å². The third-order valence-electron chi connectivity index (χ3n) is 7.36. The molecule has 0 amide bonds. The molecule has 0 heterocycles. The first-order valence-corrected chi connectivity index (χ1v) is 16.0. The van der Waals surface area contributed by atoms with E-state index in [0.717, 1.165) is 28.3 Å². The zero-order chi connectivity index (χ0) is 34.0. The van der Waals surface area contributed by atoms with Crippen molar-refractivity contribution in [1.29, 1.82) is 0 Å². The van der Waals surface area contributed by atoms with Gasteiger partial charge in [0, 0.05) is 6.08 Å². The molecule has 250 valence electrons. The second-order valence-electron chi connectivity index (χ2n) is 11.1. The van der Waals surface area contributed by atoms with Crippen LogP contribution >= 0.6 is 0 Å². The molecular weight excluding hydrogens is 608 g/mol. The van der Waals surface area contributed by atoms with Gasteiger partial charge in [0.15, 0.2) is 11.6 Å². The van der Waals surface area contributed by atoms with Gasteiger partial charge in [0.2, 0.25) is 0 Å². The van der Waals surface area contributed by atoms with Gasteiger partial charge in [-0.05, 0) is 36.1 Å². The Hall–Kier alpha value is -4.73. The molecule has 0 spiro atoms. The molecule has 0 fully saturated rings. The van der Waals surface area contributed by atoms with Gasteiger partial charge >= 0.3 is 5.97 Å². The van der Waals surface area contributed by atoms with Crippen molar-refractivity contribution in [2.24, 2.45) is 0 Å². The van der Waals surface area contributed by atoms with Gasteiger partial charge in [-0.1, -0.05) is 121 Å². The van der Waals surface area contributed by atoms with Crippen LogP contribution in [0.1, 0.15) is 36.1 Å². The second kappa shape index (κ2) is 19.8. The second-order valence-corrected chi connectivity index (χ2v) is 11.1. The van der Waals surface area contributed by atoms with Crippen LogP contribution in [0.2, 0.25) is 0 Å². The van der Waals surface area contributed by atoms with Gasteiger partial charge in [0.05, 0.1) is 39.6 Å². The van der Waals surface area contributed by atoms with E-state index >= 15 is 0 Å². The first-order valence-electron chi connectivity index (χ1n) is 16.0. The van der Waals surface area contributed by atoms with E-state index in [2.05, 4.69) is 0 Å². The van der Waals surface area contributed by atoms with Crippen molar-refractivity contribution in [2.45, 2.75) is 58.6 Å². The highest BCUT2D eigenvalue weighted by Crippen LogP contribution is 2.22. The van der Waals surface area contributed by atoms with Gasteiger partial charge < -0.3 is 23.7 Å². The lowest BCUT2D eigenvalue weighted by Crippen LogP contribution is -2.48. The number of hydrogen-bond donors (Lipinski definition) is 0. The summed E-state index contributed by atoms with van der Waals surface area (Å²) in [7, 11) is 0.